The maximum absolute atomic E-state index is 13.6. The molecule has 2 aromatic carbocycles. The van der Waals surface area contributed by atoms with E-state index in [0.717, 1.165) is 30.0 Å². The molecule has 0 saturated carbocycles. The van der Waals surface area contributed by atoms with E-state index in [2.05, 4.69) is 38.5 Å². The van der Waals surface area contributed by atoms with Gasteiger partial charge in [-0.3, -0.25) is 34.3 Å². The molecule has 1 aromatic heterocycles. The molecule has 2 unspecified atom stereocenters. The van der Waals surface area contributed by atoms with E-state index in [4.69, 9.17) is 10.00 Å². The van der Waals surface area contributed by atoms with E-state index in [1.54, 1.807) is 67.3 Å². The second-order valence-electron chi connectivity index (χ2n) is 14.0. The zero-order valence-corrected chi connectivity index (χ0v) is 31.6. The summed E-state index contributed by atoms with van der Waals surface area (Å²) in [6, 6.07) is 15.8. The second kappa shape index (κ2) is 16.8. The number of nitrogens with zero attached hydrogens (tertiary/aromatic N) is 5. The Morgan fingerprint density at radius 1 is 1.05 bits per heavy atom. The van der Waals surface area contributed by atoms with Crippen molar-refractivity contribution >= 4 is 71.4 Å². The summed E-state index contributed by atoms with van der Waals surface area (Å²) in [7, 11) is 0. The Balaban J connectivity index is 0.00000580. The van der Waals surface area contributed by atoms with Crippen LogP contribution in [0.15, 0.2) is 60.8 Å². The summed E-state index contributed by atoms with van der Waals surface area (Å²) < 4.78 is 47.0. The summed E-state index contributed by atoms with van der Waals surface area (Å²) in [6.07, 6.45) is -1.45. The fourth-order valence-corrected chi connectivity index (χ4v) is 7.52. The minimum Gasteiger partial charge on any atom is -0.493 e. The Kier molecular flexibility index (Phi) is 12.5. The largest absolute Gasteiger partial charge is 0.493 e. The van der Waals surface area contributed by atoms with E-state index < -0.39 is 40.4 Å². The molecule has 18 heteroatoms. The summed E-state index contributed by atoms with van der Waals surface area (Å²) in [5.74, 6) is -0.419. The molecule has 292 valence electrons. The molecule has 4 amide bonds. The molecule has 6 rings (SSSR count). The first-order valence-corrected chi connectivity index (χ1v) is 17.9. The van der Waals surface area contributed by atoms with Crippen molar-refractivity contribution in [3.63, 3.8) is 0 Å². The lowest BCUT2D eigenvalue weighted by atomic mass is 9.98. The molecule has 0 bridgehead atoms. The first kappa shape index (κ1) is 41.1. The molecular weight excluding hydrogens is 761 g/mol. The standard InChI is InChI=1S/C37H39F3N8O5S.ClH/c1-36(2)34(52)47(26-17-28(37(38,39)40)30(18-41)42-19-26)35(54)48(36)25-6-8-27(9-7-25)53-21-22-12-14-46(15-13-22)20-32(50)44-24-5-3-4-23(16-24)43-29-10-11-31(49)45-33(29)51;/h3-9,16-17,19,22,29,35,43,54H,10-15,20-21H2,1-2H3,(H,44,50)(H,45,49,51);1H. The molecule has 0 spiro atoms. The van der Waals surface area contributed by atoms with Gasteiger partial charge >= 0.3 is 6.18 Å². The van der Waals surface area contributed by atoms with E-state index in [-0.39, 0.29) is 54.7 Å². The van der Waals surface area contributed by atoms with Gasteiger partial charge in [0.05, 0.1) is 30.6 Å². The number of alkyl halides is 3. The van der Waals surface area contributed by atoms with Gasteiger partial charge in [-0.2, -0.15) is 18.4 Å². The molecule has 0 aliphatic carbocycles. The maximum atomic E-state index is 13.6. The van der Waals surface area contributed by atoms with Crippen molar-refractivity contribution in [1.82, 2.24) is 15.2 Å². The van der Waals surface area contributed by atoms with Crippen LogP contribution in [-0.4, -0.2) is 76.8 Å². The number of amides is 4. The number of benzene rings is 2. The molecule has 13 nitrogen and oxygen atoms in total. The van der Waals surface area contributed by atoms with Gasteiger partial charge in [-0.25, -0.2) is 4.98 Å². The van der Waals surface area contributed by atoms with E-state index in [9.17, 15) is 32.3 Å². The smallest absolute Gasteiger partial charge is 0.419 e. The van der Waals surface area contributed by atoms with Crippen molar-refractivity contribution in [2.45, 2.75) is 62.8 Å². The average Bonchev–Trinajstić information content (AvgIpc) is 3.30. The van der Waals surface area contributed by atoms with Gasteiger partial charge in [0.2, 0.25) is 17.7 Å². The minimum atomic E-state index is -4.84. The summed E-state index contributed by atoms with van der Waals surface area (Å²) in [4.78, 5) is 58.5. The zero-order valence-electron chi connectivity index (χ0n) is 29.9. The summed E-state index contributed by atoms with van der Waals surface area (Å²) in [5.41, 5.74) is -2.42. The summed E-state index contributed by atoms with van der Waals surface area (Å²) in [5, 5.41) is 17.5. The monoisotopic (exact) mass is 800 g/mol. The zero-order chi connectivity index (χ0) is 38.8. The second-order valence-corrected chi connectivity index (χ2v) is 14.4. The molecule has 2 atom stereocenters. The van der Waals surface area contributed by atoms with Gasteiger partial charge in [0, 0.05) is 23.5 Å². The molecule has 3 aromatic rings. The number of anilines is 4. The number of carbonyl (C=O) groups is 4. The third-order valence-corrected chi connectivity index (χ3v) is 10.2. The number of hydrogen-bond acceptors (Lipinski definition) is 11. The van der Waals surface area contributed by atoms with Crippen LogP contribution in [0.5, 0.6) is 5.75 Å². The first-order valence-electron chi connectivity index (χ1n) is 17.4. The van der Waals surface area contributed by atoms with E-state index >= 15 is 0 Å². The van der Waals surface area contributed by atoms with Crippen LogP contribution in [-0.2, 0) is 25.4 Å². The van der Waals surface area contributed by atoms with Crippen molar-refractivity contribution in [3.8, 4) is 11.8 Å². The third kappa shape index (κ3) is 9.26. The number of nitrogens with one attached hydrogen (secondary N) is 3. The molecular formula is C37H40ClF3N8O5S. The maximum Gasteiger partial charge on any atom is 0.419 e. The number of halogens is 4. The van der Waals surface area contributed by atoms with E-state index in [1.807, 2.05) is 0 Å². The molecule has 3 aliphatic heterocycles. The highest BCUT2D eigenvalue weighted by Crippen LogP contribution is 2.42. The minimum absolute atomic E-state index is 0. The molecule has 55 heavy (non-hydrogen) atoms. The predicted octanol–water partition coefficient (Wildman–Crippen LogP) is 5.19. The van der Waals surface area contributed by atoms with Crippen LogP contribution in [0, 0.1) is 17.2 Å². The van der Waals surface area contributed by atoms with Gasteiger partial charge in [0.1, 0.15) is 23.4 Å². The molecule has 4 heterocycles. The van der Waals surface area contributed by atoms with Crippen molar-refractivity contribution < 1.29 is 37.1 Å². The fraction of sp³-hybridized carbons (Fsp3) is 0.405. The van der Waals surface area contributed by atoms with Crippen molar-refractivity contribution in [3.05, 3.63) is 72.1 Å². The molecule has 3 aliphatic rings. The number of ether oxygens (including phenoxy) is 1. The summed E-state index contributed by atoms with van der Waals surface area (Å²) >= 11 is 4.63. The lowest BCUT2D eigenvalue weighted by Gasteiger charge is -2.33. The lowest BCUT2D eigenvalue weighted by Crippen LogP contribution is -2.47. The van der Waals surface area contributed by atoms with Gasteiger partial charge < -0.3 is 20.3 Å². The Labute approximate surface area is 327 Å². The number of thiol groups is 1. The van der Waals surface area contributed by atoms with Crippen LogP contribution < -0.4 is 30.5 Å². The van der Waals surface area contributed by atoms with Crippen LogP contribution >= 0.6 is 25.0 Å². The van der Waals surface area contributed by atoms with Gasteiger partial charge in [0.25, 0.3) is 5.91 Å². The SMILES string of the molecule is CC1(C)C(=O)N(c2cnc(C#N)c(C(F)(F)F)c2)C(S)N1c1ccc(OCC2CCN(CC(=O)Nc3cccc(NC4CCC(=O)NC4=O)c3)CC2)cc1.Cl. The van der Waals surface area contributed by atoms with Gasteiger partial charge in [-0.15, -0.1) is 25.0 Å². The van der Waals surface area contributed by atoms with Crippen LogP contribution in [0.3, 0.4) is 0 Å². The molecule has 3 fully saturated rings. The van der Waals surface area contributed by atoms with Gasteiger partial charge in [0.15, 0.2) is 11.2 Å². The number of piperidine rings is 2. The molecule has 3 N–H and O–H groups in total. The normalized spacial score (nSPS) is 20.3. The van der Waals surface area contributed by atoms with Crippen molar-refractivity contribution in [2.75, 3.05) is 46.7 Å². The Hall–Kier alpha value is -5.05. The Morgan fingerprint density at radius 3 is 2.40 bits per heavy atom. The number of pyridine rings is 1. The van der Waals surface area contributed by atoms with Crippen molar-refractivity contribution in [1.29, 1.82) is 5.26 Å². The van der Waals surface area contributed by atoms with Crippen LogP contribution in [0.25, 0.3) is 0 Å². The van der Waals surface area contributed by atoms with Crippen LogP contribution in [0.1, 0.15) is 50.8 Å². The highest BCUT2D eigenvalue weighted by Gasteiger charge is 2.52. The van der Waals surface area contributed by atoms with Crippen LogP contribution in [0.4, 0.5) is 35.9 Å². The van der Waals surface area contributed by atoms with Gasteiger partial charge in [-0.05, 0) is 101 Å². The number of carbonyl (C=O) groups excluding carboxylic acids is 4. The topological polar surface area (TPSA) is 160 Å². The highest BCUT2D eigenvalue weighted by molar-refractivity contribution is 7.81. The number of rotatable bonds is 10. The number of likely N-dealkylation sites (tertiary alicyclic amines) is 1. The first-order chi connectivity index (χ1) is 25.6. The predicted molar refractivity (Wildman–Crippen MR) is 204 cm³/mol. The number of nitriles is 1. The highest BCUT2D eigenvalue weighted by atomic mass is 35.5. The quantitative estimate of drug-likeness (QED) is 0.159. The van der Waals surface area contributed by atoms with Crippen LogP contribution in [0.2, 0.25) is 0 Å². The third-order valence-electron chi connectivity index (χ3n) is 9.77. The van der Waals surface area contributed by atoms with Crippen molar-refractivity contribution in [2.24, 2.45) is 5.92 Å². The average molecular weight is 801 g/mol. The van der Waals surface area contributed by atoms with Gasteiger partial charge in [-0.1, -0.05) is 6.07 Å². The van der Waals surface area contributed by atoms with E-state index in [1.165, 1.54) is 6.07 Å². The lowest BCUT2D eigenvalue weighted by molar-refractivity contribution is -0.138. The molecule has 3 saturated heterocycles. The number of aromatic nitrogens is 1. The Bertz CT molecular complexity index is 1970. The summed E-state index contributed by atoms with van der Waals surface area (Å²) in [6.45, 7) is 5.44. The fourth-order valence-electron chi connectivity index (χ4n) is 6.86. The number of imide groups is 1. The molecule has 0 radical (unpaired) electrons. The Morgan fingerprint density at radius 2 is 1.75 bits per heavy atom. The number of hydrogen-bond donors (Lipinski definition) is 4. The van der Waals surface area contributed by atoms with E-state index in [0.29, 0.717) is 48.9 Å².